The predicted octanol–water partition coefficient (Wildman–Crippen LogP) is 1.43. The van der Waals surface area contributed by atoms with Gasteiger partial charge in [0.15, 0.2) is 0 Å². The van der Waals surface area contributed by atoms with Crippen molar-refractivity contribution < 1.29 is 4.79 Å². The number of carbonyl (C=O) groups excluding carboxylic acids is 1. The molecule has 0 aliphatic carbocycles. The lowest BCUT2D eigenvalue weighted by atomic mass is 10.1. The second-order valence-electron chi connectivity index (χ2n) is 5.14. The molecule has 2 rings (SSSR count). The van der Waals surface area contributed by atoms with Crippen LogP contribution in [0.2, 0.25) is 0 Å². The molecule has 19 heavy (non-hydrogen) atoms. The van der Waals surface area contributed by atoms with Gasteiger partial charge in [-0.2, -0.15) is 0 Å². The van der Waals surface area contributed by atoms with Gasteiger partial charge in [-0.15, -0.1) is 0 Å². The van der Waals surface area contributed by atoms with Crippen LogP contribution in [-0.4, -0.2) is 55.5 Å². The van der Waals surface area contributed by atoms with Gasteiger partial charge in [0.05, 0.1) is 6.54 Å². The smallest absolute Gasteiger partial charge is 0.238 e. The summed E-state index contributed by atoms with van der Waals surface area (Å²) < 4.78 is 0. The number of hydrogen-bond donors (Lipinski definition) is 1. The number of aryl methyl sites for hydroxylation is 1. The highest BCUT2D eigenvalue weighted by atomic mass is 16.2. The Bertz CT molecular complexity index is 425. The van der Waals surface area contributed by atoms with E-state index in [0.29, 0.717) is 6.54 Å². The zero-order valence-electron chi connectivity index (χ0n) is 11.9. The Labute approximate surface area is 115 Å². The van der Waals surface area contributed by atoms with E-state index < -0.39 is 0 Å². The summed E-state index contributed by atoms with van der Waals surface area (Å²) in [5, 5.41) is 3.03. The maximum atomic E-state index is 12.1. The zero-order chi connectivity index (χ0) is 13.7. The first kappa shape index (κ1) is 14.0. The molecule has 1 heterocycles. The van der Waals surface area contributed by atoms with Gasteiger partial charge in [0.25, 0.3) is 0 Å². The molecule has 1 fully saturated rings. The van der Waals surface area contributed by atoms with Crippen LogP contribution in [0.1, 0.15) is 12.5 Å². The summed E-state index contributed by atoms with van der Waals surface area (Å²) in [6, 6.07) is 8.01. The highest BCUT2D eigenvalue weighted by molar-refractivity contribution is 5.93. The van der Waals surface area contributed by atoms with Crippen molar-refractivity contribution in [1.29, 1.82) is 0 Å². The highest BCUT2D eigenvalue weighted by Gasteiger charge is 2.16. The molecule has 104 valence electrons. The first-order chi connectivity index (χ1) is 9.19. The third-order valence-electron chi connectivity index (χ3n) is 3.64. The van der Waals surface area contributed by atoms with Crippen LogP contribution in [0.25, 0.3) is 0 Å². The lowest BCUT2D eigenvalue weighted by molar-refractivity contribution is -0.117. The second-order valence-corrected chi connectivity index (χ2v) is 5.14. The number of anilines is 1. The summed E-state index contributed by atoms with van der Waals surface area (Å²) in [7, 11) is 2.12. The molecule has 1 aliphatic rings. The van der Waals surface area contributed by atoms with E-state index in [1.807, 2.05) is 18.2 Å². The summed E-state index contributed by atoms with van der Waals surface area (Å²) in [4.78, 5) is 16.6. The molecule has 0 unspecified atom stereocenters. The minimum absolute atomic E-state index is 0.0884. The zero-order valence-corrected chi connectivity index (χ0v) is 11.9. The molecule has 0 bridgehead atoms. The standard InChI is InChI=1S/C15H23N3O/c1-3-13-6-4-5-7-14(13)16-15(19)12-18-10-8-17(2)9-11-18/h4-7H,3,8-12H2,1-2H3,(H,16,19). The van der Waals surface area contributed by atoms with Gasteiger partial charge in [-0.25, -0.2) is 0 Å². The fourth-order valence-corrected chi connectivity index (χ4v) is 2.35. The van der Waals surface area contributed by atoms with Crippen LogP contribution in [0.3, 0.4) is 0 Å². The summed E-state index contributed by atoms with van der Waals surface area (Å²) in [6.45, 7) is 6.62. The summed E-state index contributed by atoms with van der Waals surface area (Å²) >= 11 is 0. The lowest BCUT2D eigenvalue weighted by Crippen LogP contribution is -2.47. The van der Waals surface area contributed by atoms with Crippen molar-refractivity contribution >= 4 is 11.6 Å². The minimum atomic E-state index is 0.0884. The maximum Gasteiger partial charge on any atom is 0.238 e. The van der Waals surface area contributed by atoms with Crippen molar-refractivity contribution in [3.05, 3.63) is 29.8 Å². The van der Waals surface area contributed by atoms with E-state index in [9.17, 15) is 4.79 Å². The van der Waals surface area contributed by atoms with Gasteiger partial charge in [0.2, 0.25) is 5.91 Å². The van der Waals surface area contributed by atoms with Gasteiger partial charge < -0.3 is 10.2 Å². The Kier molecular flexibility index (Phi) is 4.93. The van der Waals surface area contributed by atoms with Crippen LogP contribution in [-0.2, 0) is 11.2 Å². The van der Waals surface area contributed by atoms with Crippen molar-refractivity contribution in [3.8, 4) is 0 Å². The van der Waals surface area contributed by atoms with E-state index in [0.717, 1.165) is 38.3 Å². The molecular weight excluding hydrogens is 238 g/mol. The van der Waals surface area contributed by atoms with E-state index in [2.05, 4.69) is 35.2 Å². The number of piperazine rings is 1. The molecule has 1 N–H and O–H groups in total. The normalized spacial score (nSPS) is 17.4. The van der Waals surface area contributed by atoms with Crippen LogP contribution < -0.4 is 5.32 Å². The second kappa shape index (κ2) is 6.68. The van der Waals surface area contributed by atoms with Crippen LogP contribution in [0.4, 0.5) is 5.69 Å². The Balaban J connectivity index is 1.87. The maximum absolute atomic E-state index is 12.1. The fourth-order valence-electron chi connectivity index (χ4n) is 2.35. The van der Waals surface area contributed by atoms with Gasteiger partial charge in [-0.3, -0.25) is 9.69 Å². The van der Waals surface area contributed by atoms with Crippen molar-refractivity contribution in [1.82, 2.24) is 9.80 Å². The topological polar surface area (TPSA) is 35.6 Å². The number of carbonyl (C=O) groups is 1. The number of rotatable bonds is 4. The molecule has 0 saturated carbocycles. The predicted molar refractivity (Wildman–Crippen MR) is 78.4 cm³/mol. The summed E-state index contributed by atoms with van der Waals surface area (Å²) in [6.07, 6.45) is 0.935. The van der Waals surface area contributed by atoms with E-state index in [1.54, 1.807) is 0 Å². The van der Waals surface area contributed by atoms with E-state index in [4.69, 9.17) is 0 Å². The number of amides is 1. The van der Waals surface area contributed by atoms with Crippen molar-refractivity contribution in [3.63, 3.8) is 0 Å². The molecule has 4 nitrogen and oxygen atoms in total. The van der Waals surface area contributed by atoms with Gasteiger partial charge in [-0.1, -0.05) is 25.1 Å². The molecule has 1 aliphatic heterocycles. The Morgan fingerprint density at radius 1 is 1.21 bits per heavy atom. The molecule has 1 saturated heterocycles. The molecule has 4 heteroatoms. The van der Waals surface area contributed by atoms with Crippen LogP contribution in [0, 0.1) is 0 Å². The molecule has 0 radical (unpaired) electrons. The molecule has 0 aromatic heterocycles. The lowest BCUT2D eigenvalue weighted by Gasteiger charge is -2.31. The molecule has 1 aromatic carbocycles. The average molecular weight is 261 g/mol. The van der Waals surface area contributed by atoms with E-state index in [-0.39, 0.29) is 5.91 Å². The average Bonchev–Trinajstić information content (AvgIpc) is 2.42. The van der Waals surface area contributed by atoms with E-state index >= 15 is 0 Å². The Hall–Kier alpha value is -1.39. The quantitative estimate of drug-likeness (QED) is 0.891. The number of likely N-dealkylation sites (N-methyl/N-ethyl adjacent to an activating group) is 1. The summed E-state index contributed by atoms with van der Waals surface area (Å²) in [5.74, 6) is 0.0884. The minimum Gasteiger partial charge on any atom is -0.325 e. The molecular formula is C15H23N3O. The first-order valence-electron chi connectivity index (χ1n) is 6.97. The van der Waals surface area contributed by atoms with Gasteiger partial charge in [0.1, 0.15) is 0 Å². The summed E-state index contributed by atoms with van der Waals surface area (Å²) in [5.41, 5.74) is 2.14. The third-order valence-corrected chi connectivity index (χ3v) is 3.64. The van der Waals surface area contributed by atoms with Gasteiger partial charge in [-0.05, 0) is 25.1 Å². The first-order valence-corrected chi connectivity index (χ1v) is 6.97. The van der Waals surface area contributed by atoms with Gasteiger partial charge >= 0.3 is 0 Å². The third kappa shape index (κ3) is 4.04. The number of para-hydroxylation sites is 1. The largest absolute Gasteiger partial charge is 0.325 e. The van der Waals surface area contributed by atoms with Crippen molar-refractivity contribution in [2.24, 2.45) is 0 Å². The number of benzene rings is 1. The monoisotopic (exact) mass is 261 g/mol. The highest BCUT2D eigenvalue weighted by Crippen LogP contribution is 2.15. The van der Waals surface area contributed by atoms with Crippen molar-refractivity contribution in [2.45, 2.75) is 13.3 Å². The molecule has 0 spiro atoms. The molecule has 1 aromatic rings. The number of nitrogens with zero attached hydrogens (tertiary/aromatic N) is 2. The van der Waals surface area contributed by atoms with Crippen LogP contribution in [0.5, 0.6) is 0 Å². The Morgan fingerprint density at radius 2 is 1.89 bits per heavy atom. The number of hydrogen-bond acceptors (Lipinski definition) is 3. The Morgan fingerprint density at radius 3 is 2.58 bits per heavy atom. The fraction of sp³-hybridized carbons (Fsp3) is 0.533. The van der Waals surface area contributed by atoms with Gasteiger partial charge in [0, 0.05) is 31.9 Å². The molecule has 1 amide bonds. The SMILES string of the molecule is CCc1ccccc1NC(=O)CN1CCN(C)CC1. The van der Waals surface area contributed by atoms with Crippen molar-refractivity contribution in [2.75, 3.05) is 45.1 Å². The molecule has 0 atom stereocenters. The number of nitrogens with one attached hydrogen (secondary N) is 1. The van der Waals surface area contributed by atoms with Crippen LogP contribution >= 0.6 is 0 Å². The van der Waals surface area contributed by atoms with Crippen LogP contribution in [0.15, 0.2) is 24.3 Å². The van der Waals surface area contributed by atoms with E-state index in [1.165, 1.54) is 5.56 Å².